The van der Waals surface area contributed by atoms with Crippen LogP contribution in [0.25, 0.3) is 0 Å². The first kappa shape index (κ1) is 18.9. The largest absolute Gasteiger partial charge is 0.481 e. The van der Waals surface area contributed by atoms with E-state index in [-0.39, 0.29) is 24.3 Å². The van der Waals surface area contributed by atoms with Gasteiger partial charge in [-0.2, -0.15) is 0 Å². The molecular weight excluding hydrogens is 256 g/mol. The lowest BCUT2D eigenvalue weighted by Gasteiger charge is -2.24. The van der Waals surface area contributed by atoms with E-state index in [0.29, 0.717) is 12.3 Å². The van der Waals surface area contributed by atoms with Crippen LogP contribution in [0.4, 0.5) is 0 Å². The normalized spacial score (nSPS) is 17.1. The zero-order valence-electron chi connectivity index (χ0n) is 13.2. The number of hydrogen-bond donors (Lipinski definition) is 3. The quantitative estimate of drug-likeness (QED) is 0.573. The van der Waals surface area contributed by atoms with Crippen LogP contribution in [0.2, 0.25) is 0 Å². The maximum Gasteiger partial charge on any atom is 0.305 e. The zero-order chi connectivity index (χ0) is 15.7. The summed E-state index contributed by atoms with van der Waals surface area (Å²) in [6.07, 6.45) is 3.54. The van der Waals surface area contributed by atoms with Crippen molar-refractivity contribution in [1.29, 1.82) is 0 Å². The monoisotopic (exact) mass is 286 g/mol. The molecule has 2 unspecified atom stereocenters. The summed E-state index contributed by atoms with van der Waals surface area (Å²) in [5.41, 5.74) is 5.88. The van der Waals surface area contributed by atoms with Gasteiger partial charge in [0.2, 0.25) is 5.91 Å². The van der Waals surface area contributed by atoms with Gasteiger partial charge in [0.1, 0.15) is 0 Å². The topological polar surface area (TPSA) is 92.4 Å². The predicted molar refractivity (Wildman–Crippen MR) is 80.3 cm³/mol. The molecule has 0 saturated carbocycles. The minimum atomic E-state index is -0.892. The molecule has 0 rings (SSSR count). The Bertz CT molecular complexity index is 307. The van der Waals surface area contributed by atoms with Crippen LogP contribution in [-0.2, 0) is 9.59 Å². The summed E-state index contributed by atoms with van der Waals surface area (Å²) in [6.45, 7) is 8.09. The Balaban J connectivity index is 4.55. The van der Waals surface area contributed by atoms with Crippen LogP contribution in [-0.4, -0.2) is 29.1 Å². The van der Waals surface area contributed by atoms with E-state index in [4.69, 9.17) is 10.8 Å². The Morgan fingerprint density at radius 2 is 1.85 bits per heavy atom. The maximum atomic E-state index is 12.0. The highest BCUT2D eigenvalue weighted by atomic mass is 16.4. The molecule has 4 N–H and O–H groups in total. The van der Waals surface area contributed by atoms with Gasteiger partial charge in [-0.25, -0.2) is 0 Å². The third-order valence-corrected chi connectivity index (χ3v) is 3.80. The number of aliphatic carboxylic acids is 1. The Morgan fingerprint density at radius 1 is 1.25 bits per heavy atom. The van der Waals surface area contributed by atoms with Gasteiger partial charge in [0, 0.05) is 6.04 Å². The van der Waals surface area contributed by atoms with Crippen molar-refractivity contribution in [2.75, 3.05) is 0 Å². The van der Waals surface area contributed by atoms with E-state index in [1.54, 1.807) is 0 Å². The molecule has 0 aromatic rings. The second kappa shape index (κ2) is 9.75. The minimum absolute atomic E-state index is 0.0486. The zero-order valence-corrected chi connectivity index (χ0v) is 13.2. The van der Waals surface area contributed by atoms with Crippen LogP contribution in [0.15, 0.2) is 0 Å². The fourth-order valence-corrected chi connectivity index (χ4v) is 2.31. The Labute approximate surface area is 122 Å². The average molecular weight is 286 g/mol. The molecule has 0 fully saturated rings. The number of carboxylic acid groups (broad SMARTS) is 1. The molecule has 118 valence electrons. The molecule has 1 amide bonds. The summed E-state index contributed by atoms with van der Waals surface area (Å²) in [6, 6.07) is -0.908. The summed E-state index contributed by atoms with van der Waals surface area (Å²) in [5, 5.41) is 11.8. The van der Waals surface area contributed by atoms with Gasteiger partial charge in [0.25, 0.3) is 0 Å². The van der Waals surface area contributed by atoms with Crippen molar-refractivity contribution >= 4 is 11.9 Å². The molecule has 20 heavy (non-hydrogen) atoms. The molecule has 5 heteroatoms. The van der Waals surface area contributed by atoms with Crippen LogP contribution in [0.3, 0.4) is 0 Å². The van der Waals surface area contributed by atoms with Gasteiger partial charge in [-0.3, -0.25) is 9.59 Å². The van der Waals surface area contributed by atoms with E-state index in [9.17, 15) is 9.59 Å². The van der Waals surface area contributed by atoms with Crippen molar-refractivity contribution in [2.45, 2.75) is 71.9 Å². The van der Waals surface area contributed by atoms with Crippen molar-refractivity contribution < 1.29 is 14.7 Å². The summed E-state index contributed by atoms with van der Waals surface area (Å²) in [5.74, 6) is -0.650. The van der Waals surface area contributed by atoms with Gasteiger partial charge in [0.05, 0.1) is 12.5 Å². The van der Waals surface area contributed by atoms with Crippen LogP contribution < -0.4 is 11.1 Å². The number of rotatable bonds is 10. The minimum Gasteiger partial charge on any atom is -0.481 e. The van der Waals surface area contributed by atoms with E-state index in [0.717, 1.165) is 19.3 Å². The van der Waals surface area contributed by atoms with Crippen LogP contribution in [0.1, 0.15) is 59.8 Å². The maximum absolute atomic E-state index is 12.0. The van der Waals surface area contributed by atoms with Gasteiger partial charge in [-0.1, -0.05) is 47.0 Å². The highest BCUT2D eigenvalue weighted by Gasteiger charge is 2.24. The van der Waals surface area contributed by atoms with E-state index in [1.165, 1.54) is 0 Å². The molecular formula is C15H30N2O3. The standard InChI is InChI=1S/C15H30N2O3/c1-5-7-10(3)8-12(9-13(18)19)17-15(20)14(16)11(4)6-2/h10-12,14H,5-9,16H2,1-4H3,(H,17,20)(H,18,19)/t10?,11?,12-,14-/m0/s1. The van der Waals surface area contributed by atoms with Crippen molar-refractivity contribution in [3.05, 3.63) is 0 Å². The number of carboxylic acids is 1. The lowest BCUT2D eigenvalue weighted by molar-refractivity contribution is -0.137. The summed E-state index contributed by atoms with van der Waals surface area (Å²) in [4.78, 5) is 23.0. The third kappa shape index (κ3) is 7.48. The molecule has 4 atom stereocenters. The second-order valence-corrected chi connectivity index (χ2v) is 5.84. The lowest BCUT2D eigenvalue weighted by atomic mass is 9.94. The van der Waals surface area contributed by atoms with Crippen molar-refractivity contribution in [2.24, 2.45) is 17.6 Å². The molecule has 0 bridgehead atoms. The highest BCUT2D eigenvalue weighted by Crippen LogP contribution is 2.15. The molecule has 0 aromatic heterocycles. The first-order valence-electron chi connectivity index (χ1n) is 7.59. The van der Waals surface area contributed by atoms with Gasteiger partial charge >= 0.3 is 5.97 Å². The fourth-order valence-electron chi connectivity index (χ4n) is 2.31. The SMILES string of the molecule is CCCC(C)C[C@@H](CC(=O)O)NC(=O)[C@@H](N)C(C)CC. The number of hydrogen-bond acceptors (Lipinski definition) is 3. The van der Waals surface area contributed by atoms with Crippen molar-refractivity contribution in [3.8, 4) is 0 Å². The number of nitrogens with two attached hydrogens (primary N) is 1. The molecule has 0 aromatic carbocycles. The molecule has 0 heterocycles. The number of carbonyl (C=O) groups is 2. The summed E-state index contributed by atoms with van der Waals surface area (Å²) >= 11 is 0. The first-order valence-corrected chi connectivity index (χ1v) is 7.59. The molecule has 0 aliphatic carbocycles. The first-order chi connectivity index (χ1) is 9.31. The van der Waals surface area contributed by atoms with E-state index in [1.807, 2.05) is 13.8 Å². The smallest absolute Gasteiger partial charge is 0.305 e. The molecule has 0 aliphatic heterocycles. The summed E-state index contributed by atoms with van der Waals surface area (Å²) < 4.78 is 0. The molecule has 0 saturated heterocycles. The predicted octanol–water partition coefficient (Wildman–Crippen LogP) is 2.15. The molecule has 0 radical (unpaired) electrons. The lowest BCUT2D eigenvalue weighted by Crippen LogP contribution is -2.49. The molecule has 0 spiro atoms. The second-order valence-electron chi connectivity index (χ2n) is 5.84. The average Bonchev–Trinajstić information content (AvgIpc) is 2.36. The molecule has 0 aliphatic rings. The van der Waals surface area contributed by atoms with Crippen LogP contribution in [0.5, 0.6) is 0 Å². The van der Waals surface area contributed by atoms with E-state index >= 15 is 0 Å². The number of carbonyl (C=O) groups excluding carboxylic acids is 1. The number of nitrogens with one attached hydrogen (secondary N) is 1. The van der Waals surface area contributed by atoms with E-state index < -0.39 is 12.0 Å². The third-order valence-electron chi connectivity index (χ3n) is 3.80. The van der Waals surface area contributed by atoms with Gasteiger partial charge in [-0.15, -0.1) is 0 Å². The van der Waals surface area contributed by atoms with Crippen LogP contribution >= 0.6 is 0 Å². The Kier molecular flexibility index (Phi) is 9.21. The number of amides is 1. The highest BCUT2D eigenvalue weighted by molar-refractivity contribution is 5.82. The fraction of sp³-hybridized carbons (Fsp3) is 0.867. The Hall–Kier alpha value is -1.10. The van der Waals surface area contributed by atoms with Gasteiger partial charge in [-0.05, 0) is 18.3 Å². The van der Waals surface area contributed by atoms with Gasteiger partial charge < -0.3 is 16.2 Å². The van der Waals surface area contributed by atoms with Gasteiger partial charge in [0.15, 0.2) is 0 Å². The molecule has 5 nitrogen and oxygen atoms in total. The van der Waals surface area contributed by atoms with Crippen molar-refractivity contribution in [1.82, 2.24) is 5.32 Å². The van der Waals surface area contributed by atoms with Crippen LogP contribution in [0, 0.1) is 11.8 Å². The Morgan fingerprint density at radius 3 is 2.30 bits per heavy atom. The van der Waals surface area contributed by atoms with Crippen molar-refractivity contribution in [3.63, 3.8) is 0 Å². The summed E-state index contributed by atoms with van der Waals surface area (Å²) in [7, 11) is 0. The van der Waals surface area contributed by atoms with E-state index in [2.05, 4.69) is 19.2 Å².